The van der Waals surface area contributed by atoms with Crippen molar-refractivity contribution in [2.45, 2.75) is 25.8 Å². The van der Waals surface area contributed by atoms with E-state index in [9.17, 15) is 0 Å². The van der Waals surface area contributed by atoms with E-state index in [2.05, 4.69) is 31.2 Å². The first kappa shape index (κ1) is 11.2. The van der Waals surface area contributed by atoms with Crippen molar-refractivity contribution in [3.8, 4) is 0 Å². The molecule has 2 heteroatoms. The van der Waals surface area contributed by atoms with E-state index in [-0.39, 0.29) is 6.04 Å². The molecule has 0 spiro atoms. The topological polar surface area (TPSA) is 35.2 Å². The summed E-state index contributed by atoms with van der Waals surface area (Å²) >= 11 is 0. The minimum atomic E-state index is 0.153. The van der Waals surface area contributed by atoms with Crippen molar-refractivity contribution in [3.05, 3.63) is 35.4 Å². The maximum absolute atomic E-state index is 5.85. The normalized spacial score (nSPS) is 12.8. The highest BCUT2D eigenvalue weighted by molar-refractivity contribution is 5.22. The van der Waals surface area contributed by atoms with Crippen LogP contribution in [0.1, 0.15) is 17.5 Å². The summed E-state index contributed by atoms with van der Waals surface area (Å²) in [5.41, 5.74) is 8.51. The zero-order valence-corrected chi connectivity index (χ0v) is 8.99. The zero-order chi connectivity index (χ0) is 10.4. The number of benzene rings is 1. The second-order valence-corrected chi connectivity index (χ2v) is 3.74. The van der Waals surface area contributed by atoms with E-state index in [1.165, 1.54) is 11.1 Å². The van der Waals surface area contributed by atoms with Gasteiger partial charge in [0.1, 0.15) is 0 Å². The van der Waals surface area contributed by atoms with E-state index in [0.29, 0.717) is 6.61 Å². The van der Waals surface area contributed by atoms with Crippen LogP contribution in [0.15, 0.2) is 24.3 Å². The first-order valence-electron chi connectivity index (χ1n) is 5.02. The van der Waals surface area contributed by atoms with Crippen molar-refractivity contribution in [1.29, 1.82) is 0 Å². The molecule has 0 saturated carbocycles. The standard InChI is InChI=1S/C12H19NO/c1-10-4-3-5-11(8-10)6-7-12(13)9-14-2/h3-5,8,12H,6-7,9,13H2,1-2H3. The number of methoxy groups -OCH3 is 1. The third kappa shape index (κ3) is 3.90. The first-order chi connectivity index (χ1) is 6.72. The van der Waals surface area contributed by atoms with Crippen LogP contribution in [0.3, 0.4) is 0 Å². The third-order valence-electron chi connectivity index (χ3n) is 2.27. The first-order valence-corrected chi connectivity index (χ1v) is 5.02. The van der Waals surface area contributed by atoms with Crippen LogP contribution < -0.4 is 5.73 Å². The van der Waals surface area contributed by atoms with E-state index >= 15 is 0 Å². The van der Waals surface area contributed by atoms with E-state index in [4.69, 9.17) is 10.5 Å². The largest absolute Gasteiger partial charge is 0.383 e. The number of hydrogen-bond acceptors (Lipinski definition) is 2. The molecule has 1 atom stereocenters. The lowest BCUT2D eigenvalue weighted by molar-refractivity contribution is 0.177. The molecule has 78 valence electrons. The molecular weight excluding hydrogens is 174 g/mol. The second kappa shape index (κ2) is 5.78. The van der Waals surface area contributed by atoms with Gasteiger partial charge in [0.05, 0.1) is 6.61 Å². The van der Waals surface area contributed by atoms with Gasteiger partial charge in [0, 0.05) is 13.2 Å². The molecule has 0 aliphatic heterocycles. The van der Waals surface area contributed by atoms with Gasteiger partial charge in [-0.15, -0.1) is 0 Å². The van der Waals surface area contributed by atoms with Crippen molar-refractivity contribution in [1.82, 2.24) is 0 Å². The average molecular weight is 193 g/mol. The Labute approximate surface area is 86.1 Å². The van der Waals surface area contributed by atoms with E-state index in [0.717, 1.165) is 12.8 Å². The summed E-state index contributed by atoms with van der Waals surface area (Å²) in [7, 11) is 1.69. The highest BCUT2D eigenvalue weighted by Gasteiger charge is 2.02. The van der Waals surface area contributed by atoms with Crippen LogP contribution in [0.4, 0.5) is 0 Å². The molecule has 0 saturated heterocycles. The Morgan fingerprint density at radius 2 is 2.21 bits per heavy atom. The summed E-state index contributed by atoms with van der Waals surface area (Å²) in [5.74, 6) is 0. The minimum absolute atomic E-state index is 0.153. The lowest BCUT2D eigenvalue weighted by Crippen LogP contribution is -2.26. The monoisotopic (exact) mass is 193 g/mol. The van der Waals surface area contributed by atoms with Gasteiger partial charge in [0.15, 0.2) is 0 Å². The van der Waals surface area contributed by atoms with Crippen molar-refractivity contribution in [2.24, 2.45) is 5.73 Å². The molecule has 2 nitrogen and oxygen atoms in total. The highest BCUT2D eigenvalue weighted by atomic mass is 16.5. The Kier molecular flexibility index (Phi) is 4.63. The van der Waals surface area contributed by atoms with Crippen LogP contribution in [0, 0.1) is 6.92 Å². The van der Waals surface area contributed by atoms with Crippen molar-refractivity contribution in [2.75, 3.05) is 13.7 Å². The van der Waals surface area contributed by atoms with Crippen LogP contribution in [-0.4, -0.2) is 19.8 Å². The molecule has 0 amide bonds. The van der Waals surface area contributed by atoms with Crippen LogP contribution in [0.2, 0.25) is 0 Å². The van der Waals surface area contributed by atoms with Gasteiger partial charge in [-0.2, -0.15) is 0 Å². The van der Waals surface area contributed by atoms with Gasteiger partial charge in [-0.1, -0.05) is 29.8 Å². The molecule has 2 N–H and O–H groups in total. The van der Waals surface area contributed by atoms with Gasteiger partial charge < -0.3 is 10.5 Å². The molecule has 1 aromatic rings. The lowest BCUT2D eigenvalue weighted by Gasteiger charge is -2.10. The average Bonchev–Trinajstić information content (AvgIpc) is 2.15. The number of hydrogen-bond donors (Lipinski definition) is 1. The molecular formula is C12H19NO. The Morgan fingerprint density at radius 3 is 2.86 bits per heavy atom. The molecule has 0 aliphatic rings. The van der Waals surface area contributed by atoms with E-state index in [1.54, 1.807) is 7.11 Å². The van der Waals surface area contributed by atoms with Gasteiger partial charge in [0.2, 0.25) is 0 Å². The summed E-state index contributed by atoms with van der Waals surface area (Å²) in [6.45, 7) is 2.75. The predicted octanol–water partition coefficient (Wildman–Crippen LogP) is 1.90. The molecule has 0 aromatic heterocycles. The third-order valence-corrected chi connectivity index (χ3v) is 2.27. The summed E-state index contributed by atoms with van der Waals surface area (Å²) in [6.07, 6.45) is 2.02. The van der Waals surface area contributed by atoms with Crippen molar-refractivity contribution < 1.29 is 4.74 Å². The fourth-order valence-corrected chi connectivity index (χ4v) is 1.52. The van der Waals surface area contributed by atoms with Gasteiger partial charge >= 0.3 is 0 Å². The van der Waals surface area contributed by atoms with Gasteiger partial charge in [0.25, 0.3) is 0 Å². The van der Waals surface area contributed by atoms with Crippen LogP contribution in [-0.2, 0) is 11.2 Å². The molecule has 0 heterocycles. The highest BCUT2D eigenvalue weighted by Crippen LogP contribution is 2.07. The summed E-state index contributed by atoms with van der Waals surface area (Å²) in [5, 5.41) is 0. The quantitative estimate of drug-likeness (QED) is 0.775. The summed E-state index contributed by atoms with van der Waals surface area (Å²) in [6, 6.07) is 8.71. The van der Waals surface area contributed by atoms with E-state index < -0.39 is 0 Å². The van der Waals surface area contributed by atoms with Gasteiger partial charge in [-0.3, -0.25) is 0 Å². The van der Waals surface area contributed by atoms with Crippen LogP contribution >= 0.6 is 0 Å². The molecule has 0 aliphatic carbocycles. The molecule has 1 rings (SSSR count). The SMILES string of the molecule is COCC(N)CCc1cccc(C)c1. The predicted molar refractivity (Wildman–Crippen MR) is 59.4 cm³/mol. The Hall–Kier alpha value is -0.860. The Balaban J connectivity index is 2.37. The smallest absolute Gasteiger partial charge is 0.0613 e. The summed E-state index contributed by atoms with van der Waals surface area (Å²) in [4.78, 5) is 0. The lowest BCUT2D eigenvalue weighted by atomic mass is 10.0. The number of rotatable bonds is 5. The number of ether oxygens (including phenoxy) is 1. The Morgan fingerprint density at radius 1 is 1.43 bits per heavy atom. The van der Waals surface area contributed by atoms with Crippen molar-refractivity contribution >= 4 is 0 Å². The van der Waals surface area contributed by atoms with E-state index in [1.807, 2.05) is 0 Å². The fourth-order valence-electron chi connectivity index (χ4n) is 1.52. The second-order valence-electron chi connectivity index (χ2n) is 3.74. The molecule has 0 radical (unpaired) electrons. The molecule has 0 fully saturated rings. The van der Waals surface area contributed by atoms with Crippen LogP contribution in [0.5, 0.6) is 0 Å². The van der Waals surface area contributed by atoms with Crippen molar-refractivity contribution in [3.63, 3.8) is 0 Å². The maximum atomic E-state index is 5.85. The van der Waals surface area contributed by atoms with Gasteiger partial charge in [-0.05, 0) is 25.3 Å². The molecule has 14 heavy (non-hydrogen) atoms. The van der Waals surface area contributed by atoms with Crippen LogP contribution in [0.25, 0.3) is 0 Å². The molecule has 1 unspecified atom stereocenters. The fraction of sp³-hybridized carbons (Fsp3) is 0.500. The number of nitrogens with two attached hydrogens (primary N) is 1. The zero-order valence-electron chi connectivity index (χ0n) is 8.99. The van der Waals surface area contributed by atoms with Gasteiger partial charge in [-0.25, -0.2) is 0 Å². The number of aryl methyl sites for hydroxylation is 2. The maximum Gasteiger partial charge on any atom is 0.0613 e. The molecule has 1 aromatic carbocycles. The summed E-state index contributed by atoms with van der Waals surface area (Å²) < 4.78 is 4.99. The molecule has 0 bridgehead atoms. The Bertz CT molecular complexity index is 273. The minimum Gasteiger partial charge on any atom is -0.383 e.